The lowest BCUT2D eigenvalue weighted by atomic mass is 9.88. The normalized spacial score (nSPS) is 14.0. The molecule has 2 saturated carbocycles. The van der Waals surface area contributed by atoms with E-state index < -0.39 is 28.1 Å². The average molecular weight is 1470 g/mol. The maximum absolute atomic E-state index is 13.8. The molecule has 0 radical (unpaired) electrons. The minimum Gasteiger partial charge on any atom is -0.505 e. The monoisotopic (exact) mass is 1470 g/mol. The highest BCUT2D eigenvalue weighted by Gasteiger charge is 2.31. The Kier molecular flexibility index (Phi) is 28.1. The molecule has 12 N–H and O–H groups in total. The van der Waals surface area contributed by atoms with Gasteiger partial charge in [0.05, 0.1) is 58.4 Å². The molecule has 2 aliphatic carbocycles. The van der Waals surface area contributed by atoms with Crippen LogP contribution < -0.4 is 65.3 Å². The van der Waals surface area contributed by atoms with Gasteiger partial charge < -0.3 is 61.9 Å². The van der Waals surface area contributed by atoms with Crippen molar-refractivity contribution in [1.82, 2.24) is 44.0 Å². The van der Waals surface area contributed by atoms with E-state index in [1.165, 1.54) is 46.9 Å². The zero-order chi connectivity index (χ0) is 77.6. The highest BCUT2D eigenvalue weighted by molar-refractivity contribution is 6.00. The van der Waals surface area contributed by atoms with E-state index in [1.807, 2.05) is 123 Å². The van der Waals surface area contributed by atoms with Crippen molar-refractivity contribution in [2.75, 3.05) is 74.2 Å². The van der Waals surface area contributed by atoms with Crippen LogP contribution in [0.3, 0.4) is 0 Å². The molecule has 3 aromatic heterocycles. The molecule has 5 aromatic carbocycles. The van der Waals surface area contributed by atoms with Crippen LogP contribution in [0.5, 0.6) is 17.2 Å². The van der Waals surface area contributed by atoms with E-state index in [0.717, 1.165) is 75.3 Å². The number of hydrogen-bond acceptors (Lipinski definition) is 18. The van der Waals surface area contributed by atoms with Crippen molar-refractivity contribution in [2.24, 2.45) is 10.8 Å². The summed E-state index contributed by atoms with van der Waals surface area (Å²) in [5.41, 5.74) is -0.0594. The van der Waals surface area contributed by atoms with Crippen LogP contribution in [-0.2, 0) is 6.54 Å². The molecular weight excluding hydrogens is 1360 g/mol. The number of benzene rings is 5. The van der Waals surface area contributed by atoms with E-state index in [4.69, 9.17) is 0 Å². The largest absolute Gasteiger partial charge is 0.505 e. The van der Waals surface area contributed by atoms with Crippen LogP contribution in [0.1, 0.15) is 201 Å². The van der Waals surface area contributed by atoms with Gasteiger partial charge in [-0.15, -0.1) is 0 Å². The van der Waals surface area contributed by atoms with Gasteiger partial charge in [-0.1, -0.05) is 173 Å². The van der Waals surface area contributed by atoms with E-state index in [1.54, 1.807) is 78.7 Å². The molecule has 107 heavy (non-hydrogen) atoms. The Balaban J connectivity index is 0.000000223. The number of nitrogens with one attached hydrogen (secondary N) is 9. The number of carbonyl (C=O) groups excluding carboxylic acids is 3. The summed E-state index contributed by atoms with van der Waals surface area (Å²) >= 11 is 0. The number of carbonyl (C=O) groups is 3. The lowest BCUT2D eigenvalue weighted by molar-refractivity contribution is 0.0817. The van der Waals surface area contributed by atoms with Crippen molar-refractivity contribution in [2.45, 2.75) is 177 Å². The molecule has 2 fully saturated rings. The van der Waals surface area contributed by atoms with Crippen molar-refractivity contribution in [3.8, 4) is 17.2 Å². The van der Waals surface area contributed by atoms with Gasteiger partial charge in [0.25, 0.3) is 51.1 Å². The van der Waals surface area contributed by atoms with E-state index in [2.05, 4.69) is 47.2 Å². The van der Waals surface area contributed by atoms with Crippen LogP contribution >= 0.6 is 0 Å². The van der Waals surface area contributed by atoms with E-state index in [-0.39, 0.29) is 163 Å². The Labute approximate surface area is 624 Å². The Morgan fingerprint density at radius 1 is 0.449 bits per heavy atom. The third kappa shape index (κ3) is 20.2. The van der Waals surface area contributed by atoms with Crippen LogP contribution in [0.25, 0.3) is 0 Å². The number of phenols is 3. The predicted octanol–water partition coefficient (Wildman–Crippen LogP) is 13.0. The number of anilines is 9. The molecule has 0 spiro atoms. The number of aromatic hydroxyl groups is 3. The molecule has 0 aliphatic heterocycles. The van der Waals surface area contributed by atoms with Gasteiger partial charge in [0, 0.05) is 54.4 Å². The second-order valence-electron chi connectivity index (χ2n) is 29.9. The second-order valence-corrected chi connectivity index (χ2v) is 29.9. The summed E-state index contributed by atoms with van der Waals surface area (Å²) in [6, 6.07) is 32.3. The molecule has 27 nitrogen and oxygen atoms in total. The zero-order valence-electron chi connectivity index (χ0n) is 63.5. The molecule has 3 amide bonds. The Morgan fingerprint density at radius 2 is 0.776 bits per heavy atom. The van der Waals surface area contributed by atoms with Crippen LogP contribution in [-0.4, -0.2) is 131 Å². The minimum atomic E-state index is -0.487. The summed E-state index contributed by atoms with van der Waals surface area (Å²) in [7, 11) is 9.54. The van der Waals surface area contributed by atoms with Gasteiger partial charge in [-0.25, -0.2) is 14.0 Å². The number of rotatable bonds is 21. The number of aromatic nitrogens is 6. The maximum atomic E-state index is 13.8. The summed E-state index contributed by atoms with van der Waals surface area (Å²) in [5, 5.41) is 59.4. The molecule has 10 rings (SSSR count). The van der Waals surface area contributed by atoms with Crippen molar-refractivity contribution < 1.29 is 29.7 Å². The fourth-order valence-corrected chi connectivity index (χ4v) is 12.3. The van der Waals surface area contributed by atoms with Gasteiger partial charge in [-0.2, -0.15) is 0 Å². The van der Waals surface area contributed by atoms with Crippen LogP contribution in [0.15, 0.2) is 144 Å². The number of hydrogen-bond donors (Lipinski definition) is 12. The van der Waals surface area contributed by atoms with E-state index in [0.29, 0.717) is 6.42 Å². The van der Waals surface area contributed by atoms with Crippen LogP contribution in [0, 0.1) is 10.8 Å². The first kappa shape index (κ1) is 83.0. The molecular formula is C80H109N15O12. The highest BCUT2D eigenvalue weighted by Crippen LogP contribution is 2.38. The molecule has 0 unspecified atom stereocenters. The number of aromatic amines is 3. The molecule has 27 heteroatoms. The summed E-state index contributed by atoms with van der Waals surface area (Å²) in [6.45, 7) is 18.2. The molecule has 2 aliphatic rings. The predicted molar refractivity (Wildman–Crippen MR) is 427 cm³/mol. The van der Waals surface area contributed by atoms with Gasteiger partial charge in [-0.05, 0) is 104 Å². The molecule has 3 heterocycles. The van der Waals surface area contributed by atoms with Gasteiger partial charge >= 0.3 is 0 Å². The van der Waals surface area contributed by atoms with Crippen molar-refractivity contribution in [3.05, 3.63) is 205 Å². The quantitative estimate of drug-likeness (QED) is 0.0297. The van der Waals surface area contributed by atoms with Crippen molar-refractivity contribution >= 4 is 68.9 Å². The number of nitrogens with zero attached hydrogens (tertiary/aromatic N) is 6. The fourth-order valence-electron chi connectivity index (χ4n) is 12.3. The minimum absolute atomic E-state index is 0. The third-order valence-corrected chi connectivity index (χ3v) is 19.5. The molecule has 0 bridgehead atoms. The summed E-state index contributed by atoms with van der Waals surface area (Å²) in [4.78, 5) is 122. The number of amides is 3. The Morgan fingerprint density at radius 3 is 1.11 bits per heavy atom. The maximum Gasteiger partial charge on any atom is 0.291 e. The van der Waals surface area contributed by atoms with Gasteiger partial charge in [-0.3, -0.25) is 58.4 Å². The van der Waals surface area contributed by atoms with E-state index in [9.17, 15) is 58.5 Å². The first-order valence-electron chi connectivity index (χ1n) is 36.1. The molecule has 0 saturated heterocycles. The fraction of sp³-hybridized carbons (Fsp3) is 0.438. The second kappa shape index (κ2) is 36.2. The van der Waals surface area contributed by atoms with Gasteiger partial charge in [0.15, 0.2) is 17.2 Å². The molecule has 576 valence electrons. The Bertz CT molecular complexity index is 4780. The highest BCUT2D eigenvalue weighted by atomic mass is 16.3. The third-order valence-electron chi connectivity index (χ3n) is 19.5. The van der Waals surface area contributed by atoms with E-state index >= 15 is 0 Å². The number of phenolic OH excluding ortho intramolecular Hbond substituents is 3. The molecule has 3 atom stereocenters. The lowest BCUT2D eigenvalue weighted by Gasteiger charge is -2.30. The summed E-state index contributed by atoms with van der Waals surface area (Å²) in [5.74, 6) is -2.01. The number of para-hydroxylation sites is 3. The first-order chi connectivity index (χ1) is 50.1. The standard InChI is InChI=1S/C28H35N5O4.C26H33N5O4.C25H37N5O4.CH4/c1-4-21(18-12-7-5-8-13-18)29-23-24(28(37)33(31-26(23)35)19-14-9-6-10-15-19)30-22-17-11-16-20(25(22)34)27(36)32(2)3;1-16(26(2,3)4)27-20-21(28-19-14-10-13-18(22(19)32)24(34)30(5)6)25(35)31(29-23(20)33)15-17-11-8-7-9-12-17;1-15(25(2,3)4)26-19-20(24(34)30(28-22(19)32)16-11-8-7-9-12-16)27-18-14-10-13-17(21(18)31)23(33)29(5)6;/h5,7-8,11-13,16-17,19,21,29-30,34H,4,6,9-10,14-15H2,1-3H3,(H,31,35);7-14,16,27-28,32H,15H2,1-6H3,(H,29,33);10,13-16,26-27,31H,7-9,11-12H2,1-6H3,(H,28,32);1H4/t21-;16-;15-;/m100./s1. The average Bonchev–Trinajstić information content (AvgIpc) is 0.792. The number of H-pyrrole nitrogens is 3. The molecule has 8 aromatic rings. The lowest BCUT2D eigenvalue weighted by Crippen LogP contribution is -2.39. The summed E-state index contributed by atoms with van der Waals surface area (Å²) < 4.78 is 4.06. The zero-order valence-corrected chi connectivity index (χ0v) is 63.5. The smallest absolute Gasteiger partial charge is 0.291 e. The van der Waals surface area contributed by atoms with Crippen molar-refractivity contribution in [1.29, 1.82) is 0 Å². The summed E-state index contributed by atoms with van der Waals surface area (Å²) in [6.07, 6.45) is 10.1. The topological polar surface area (TPSA) is 358 Å². The van der Waals surface area contributed by atoms with Gasteiger partial charge in [0.2, 0.25) is 0 Å². The SMILES string of the molecule is C.CC[C@@H](Nc1c(Nc2cccc(C(=O)N(C)C)c2O)c(=O)n(C2CCCCC2)[nH]c1=O)c1ccccc1.C[C@H](Nc1c(Nc2cccc(C(=O)N(C)C)c2O)c(=O)n(C2CCCCC2)[nH]c1=O)C(C)(C)C.C[C@H](Nc1c(Nc2cccc(C(=O)N(C)C)c2O)c(=O)n(Cc2ccccc2)[nH]c1=O)C(C)(C)C. The Hall–Kier alpha value is -11.3. The van der Waals surface area contributed by atoms with Crippen LogP contribution in [0.4, 0.5) is 51.2 Å². The first-order valence-corrected chi connectivity index (χ1v) is 36.1. The van der Waals surface area contributed by atoms with Gasteiger partial charge in [0.1, 0.15) is 34.1 Å². The van der Waals surface area contributed by atoms with Crippen LogP contribution in [0.2, 0.25) is 0 Å². The van der Waals surface area contributed by atoms with Crippen molar-refractivity contribution in [3.63, 3.8) is 0 Å².